The largest absolute Gasteiger partial charge is 0.486 e. The molecule has 1 unspecified atom stereocenters. The van der Waals surface area contributed by atoms with Gasteiger partial charge in [-0.25, -0.2) is 4.98 Å². The lowest BCUT2D eigenvalue weighted by atomic mass is 10.0. The Morgan fingerprint density at radius 2 is 1.95 bits per heavy atom. The normalized spacial score (nSPS) is 15.2. The number of ether oxygens (including phenoxy) is 2. The van der Waals surface area contributed by atoms with Crippen LogP contribution < -0.4 is 20.5 Å². The summed E-state index contributed by atoms with van der Waals surface area (Å²) in [5.41, 5.74) is 5.84. The third-order valence-electron chi connectivity index (χ3n) is 3.81. The fraction of sp³-hybridized carbons (Fsp3) is 0.438. The van der Waals surface area contributed by atoms with Gasteiger partial charge in [0.2, 0.25) is 0 Å². The van der Waals surface area contributed by atoms with E-state index < -0.39 is 0 Å². The van der Waals surface area contributed by atoms with Crippen LogP contribution in [0.1, 0.15) is 13.8 Å². The van der Waals surface area contributed by atoms with Crippen molar-refractivity contribution in [3.05, 3.63) is 24.4 Å². The summed E-state index contributed by atoms with van der Waals surface area (Å²) in [4.78, 5) is 4.46. The highest BCUT2D eigenvalue weighted by atomic mass is 16.6. The molecule has 0 radical (unpaired) electrons. The number of aromatic nitrogens is 1. The van der Waals surface area contributed by atoms with E-state index in [2.05, 4.69) is 24.1 Å². The Morgan fingerprint density at radius 3 is 2.62 bits per heavy atom. The highest BCUT2D eigenvalue weighted by molar-refractivity contribution is 5.94. The van der Waals surface area contributed by atoms with E-state index in [-0.39, 0.29) is 6.04 Å². The van der Waals surface area contributed by atoms with E-state index in [1.54, 1.807) is 6.20 Å². The Labute approximate surface area is 124 Å². The average Bonchev–Trinajstić information content (AvgIpc) is 2.50. The van der Waals surface area contributed by atoms with Gasteiger partial charge in [-0.1, -0.05) is 13.8 Å². The molecule has 112 valence electrons. The minimum absolute atomic E-state index is 0.191. The van der Waals surface area contributed by atoms with E-state index in [1.807, 2.05) is 18.2 Å². The van der Waals surface area contributed by atoms with E-state index in [0.29, 0.717) is 25.7 Å². The van der Waals surface area contributed by atoms with Gasteiger partial charge in [0.05, 0.1) is 0 Å². The second kappa shape index (κ2) is 5.77. The summed E-state index contributed by atoms with van der Waals surface area (Å²) in [6, 6.07) is 6.17. The maximum Gasteiger partial charge on any atom is 0.162 e. The zero-order valence-electron chi connectivity index (χ0n) is 12.4. The standard InChI is InChI=1S/C16H21N3O2/c1-10(2)13(9-17)19-16-12-8-15-14(20-5-6-21-15)7-11(12)3-4-18-16/h3-4,7-8,10,13H,5-6,9,17H2,1-2H3,(H,18,19). The fourth-order valence-corrected chi connectivity index (χ4v) is 2.50. The van der Waals surface area contributed by atoms with Crippen LogP contribution in [0.25, 0.3) is 10.8 Å². The summed E-state index contributed by atoms with van der Waals surface area (Å²) in [6.07, 6.45) is 1.80. The second-order valence-electron chi connectivity index (χ2n) is 5.61. The van der Waals surface area contributed by atoms with Gasteiger partial charge >= 0.3 is 0 Å². The van der Waals surface area contributed by atoms with Crippen LogP contribution in [-0.2, 0) is 0 Å². The molecular formula is C16H21N3O2. The molecule has 2 heterocycles. The second-order valence-corrected chi connectivity index (χ2v) is 5.61. The monoisotopic (exact) mass is 287 g/mol. The first-order valence-electron chi connectivity index (χ1n) is 7.34. The lowest BCUT2D eigenvalue weighted by Gasteiger charge is -2.23. The number of hydrogen-bond donors (Lipinski definition) is 2. The molecule has 0 fully saturated rings. The molecule has 0 saturated carbocycles. The number of hydrogen-bond acceptors (Lipinski definition) is 5. The minimum Gasteiger partial charge on any atom is -0.486 e. The number of nitrogens with two attached hydrogens (primary N) is 1. The van der Waals surface area contributed by atoms with Gasteiger partial charge in [0.1, 0.15) is 19.0 Å². The first-order chi connectivity index (χ1) is 10.2. The quantitative estimate of drug-likeness (QED) is 0.903. The van der Waals surface area contributed by atoms with Crippen molar-refractivity contribution in [1.29, 1.82) is 0 Å². The molecule has 0 amide bonds. The summed E-state index contributed by atoms with van der Waals surface area (Å²) in [7, 11) is 0. The summed E-state index contributed by atoms with van der Waals surface area (Å²) in [5, 5.41) is 5.55. The Morgan fingerprint density at radius 1 is 1.24 bits per heavy atom. The zero-order chi connectivity index (χ0) is 14.8. The van der Waals surface area contributed by atoms with Gasteiger partial charge in [-0.3, -0.25) is 0 Å². The molecule has 3 N–H and O–H groups in total. The van der Waals surface area contributed by atoms with Gasteiger partial charge < -0.3 is 20.5 Å². The lowest BCUT2D eigenvalue weighted by molar-refractivity contribution is 0.172. The molecule has 0 bridgehead atoms. The molecule has 0 aliphatic carbocycles. The molecular weight excluding hydrogens is 266 g/mol. The van der Waals surface area contributed by atoms with Crippen molar-refractivity contribution in [2.24, 2.45) is 11.7 Å². The van der Waals surface area contributed by atoms with E-state index in [0.717, 1.165) is 28.1 Å². The van der Waals surface area contributed by atoms with Crippen molar-refractivity contribution in [2.45, 2.75) is 19.9 Å². The number of nitrogens with one attached hydrogen (secondary N) is 1. The van der Waals surface area contributed by atoms with Gasteiger partial charge in [0.25, 0.3) is 0 Å². The van der Waals surface area contributed by atoms with Crippen LogP contribution in [0, 0.1) is 5.92 Å². The molecule has 1 atom stereocenters. The number of pyridine rings is 1. The molecule has 0 spiro atoms. The molecule has 1 aromatic heterocycles. The Kier molecular flexibility index (Phi) is 3.84. The third kappa shape index (κ3) is 2.74. The molecule has 1 aliphatic heterocycles. The minimum atomic E-state index is 0.191. The van der Waals surface area contributed by atoms with E-state index in [9.17, 15) is 0 Å². The number of benzene rings is 1. The van der Waals surface area contributed by atoms with Gasteiger partial charge in [0, 0.05) is 24.2 Å². The van der Waals surface area contributed by atoms with Crippen molar-refractivity contribution >= 4 is 16.6 Å². The maximum absolute atomic E-state index is 5.84. The molecule has 5 nitrogen and oxygen atoms in total. The van der Waals surface area contributed by atoms with Crippen molar-refractivity contribution < 1.29 is 9.47 Å². The smallest absolute Gasteiger partial charge is 0.162 e. The highest BCUT2D eigenvalue weighted by Gasteiger charge is 2.17. The van der Waals surface area contributed by atoms with Crippen molar-refractivity contribution in [3.8, 4) is 11.5 Å². The Bertz CT molecular complexity index is 643. The SMILES string of the molecule is CC(C)C(CN)Nc1nccc2cc3c(cc12)OCCO3. The first kappa shape index (κ1) is 13.9. The van der Waals surface area contributed by atoms with Crippen LogP contribution in [-0.4, -0.2) is 30.8 Å². The van der Waals surface area contributed by atoms with E-state index in [4.69, 9.17) is 15.2 Å². The first-order valence-corrected chi connectivity index (χ1v) is 7.34. The van der Waals surface area contributed by atoms with Crippen LogP contribution in [0.2, 0.25) is 0 Å². The highest BCUT2D eigenvalue weighted by Crippen LogP contribution is 2.36. The lowest BCUT2D eigenvalue weighted by Crippen LogP contribution is -2.34. The topological polar surface area (TPSA) is 69.4 Å². The molecule has 0 saturated heterocycles. The molecule has 2 aromatic rings. The number of nitrogens with zero attached hydrogens (tertiary/aromatic N) is 1. The molecule has 1 aliphatic rings. The average molecular weight is 287 g/mol. The van der Waals surface area contributed by atoms with Crippen LogP contribution in [0.3, 0.4) is 0 Å². The van der Waals surface area contributed by atoms with Crippen LogP contribution in [0.4, 0.5) is 5.82 Å². The summed E-state index contributed by atoms with van der Waals surface area (Å²) in [6.45, 7) is 6.04. The number of fused-ring (bicyclic) bond motifs is 2. The van der Waals surface area contributed by atoms with Crippen molar-refractivity contribution in [3.63, 3.8) is 0 Å². The van der Waals surface area contributed by atoms with Crippen molar-refractivity contribution in [2.75, 3.05) is 25.1 Å². The summed E-state index contributed by atoms with van der Waals surface area (Å²) in [5.74, 6) is 2.85. The summed E-state index contributed by atoms with van der Waals surface area (Å²) >= 11 is 0. The van der Waals surface area contributed by atoms with Gasteiger partial charge in [-0.2, -0.15) is 0 Å². The predicted octanol–water partition coefficient (Wildman–Crippen LogP) is 2.40. The number of anilines is 1. The van der Waals surface area contributed by atoms with E-state index in [1.165, 1.54) is 0 Å². The van der Waals surface area contributed by atoms with Crippen LogP contribution >= 0.6 is 0 Å². The van der Waals surface area contributed by atoms with Gasteiger partial charge in [0.15, 0.2) is 11.5 Å². The molecule has 21 heavy (non-hydrogen) atoms. The third-order valence-corrected chi connectivity index (χ3v) is 3.81. The van der Waals surface area contributed by atoms with Crippen LogP contribution in [0.15, 0.2) is 24.4 Å². The fourth-order valence-electron chi connectivity index (χ4n) is 2.50. The molecule has 1 aromatic carbocycles. The van der Waals surface area contributed by atoms with E-state index >= 15 is 0 Å². The van der Waals surface area contributed by atoms with Crippen LogP contribution in [0.5, 0.6) is 11.5 Å². The maximum atomic E-state index is 5.84. The van der Waals surface area contributed by atoms with Crippen molar-refractivity contribution in [1.82, 2.24) is 4.98 Å². The molecule has 3 rings (SSSR count). The molecule has 5 heteroatoms. The van der Waals surface area contributed by atoms with Gasteiger partial charge in [-0.15, -0.1) is 0 Å². The van der Waals surface area contributed by atoms with Gasteiger partial charge in [-0.05, 0) is 29.5 Å². The Balaban J connectivity index is 2.02. The summed E-state index contributed by atoms with van der Waals surface area (Å²) < 4.78 is 11.3. The number of rotatable bonds is 4. The zero-order valence-corrected chi connectivity index (χ0v) is 12.4. The predicted molar refractivity (Wildman–Crippen MR) is 84.0 cm³/mol. The Hall–Kier alpha value is -2.01.